The van der Waals surface area contributed by atoms with Gasteiger partial charge in [-0.1, -0.05) is 0 Å². The number of imidazole rings is 2. The first-order valence-electron chi connectivity index (χ1n) is 13.7. The summed E-state index contributed by atoms with van der Waals surface area (Å²) in [5.74, 6) is -2.53. The molecule has 0 unspecified atom stereocenters. The topological polar surface area (TPSA) is 190 Å². The van der Waals surface area contributed by atoms with Crippen LogP contribution in [-0.4, -0.2) is 89.8 Å². The molecular weight excluding hydrogens is 644 g/mol. The van der Waals surface area contributed by atoms with Gasteiger partial charge < -0.3 is 59.5 Å². The zero-order chi connectivity index (χ0) is 34.5. The number of ketones is 1. The summed E-state index contributed by atoms with van der Waals surface area (Å²) in [5.41, 5.74) is 0. The summed E-state index contributed by atoms with van der Waals surface area (Å²) in [6.45, 7) is 0.958. The van der Waals surface area contributed by atoms with Crippen LogP contribution in [-0.2, 0) is 47.1 Å². The van der Waals surface area contributed by atoms with E-state index < -0.39 is 17.9 Å². The molecule has 4 heterocycles. The second-order valence-corrected chi connectivity index (χ2v) is 9.10. The van der Waals surface area contributed by atoms with Crippen molar-refractivity contribution >= 4 is 23.7 Å². The Labute approximate surface area is 278 Å². The van der Waals surface area contributed by atoms with Crippen LogP contribution in [0.5, 0.6) is 0 Å². The van der Waals surface area contributed by atoms with Crippen LogP contribution in [0.4, 0.5) is 0 Å². The Morgan fingerprint density at radius 1 is 0.766 bits per heavy atom. The van der Waals surface area contributed by atoms with E-state index >= 15 is 0 Å². The third kappa shape index (κ3) is 17.5. The molecule has 47 heavy (non-hydrogen) atoms. The molecule has 0 fully saturated rings. The number of carbonyl (C=O) groups is 4. The van der Waals surface area contributed by atoms with Crippen molar-refractivity contribution in [3.63, 3.8) is 0 Å². The first-order valence-corrected chi connectivity index (χ1v) is 13.7. The Morgan fingerprint density at radius 3 is 1.51 bits per heavy atom. The number of rotatable bonds is 11. The van der Waals surface area contributed by atoms with E-state index in [0.717, 1.165) is 0 Å². The normalized spacial score (nSPS) is 9.62. The van der Waals surface area contributed by atoms with E-state index in [0.29, 0.717) is 6.61 Å². The highest BCUT2D eigenvalue weighted by Crippen LogP contribution is 2.11. The number of hydrogen-bond donors (Lipinski definition) is 2. The molecular formula is C30H41ClN4O12. The molecule has 4 aromatic heterocycles. The summed E-state index contributed by atoms with van der Waals surface area (Å²) >= 11 is 0. The number of aliphatic hydroxyl groups excluding tert-OH is 2. The number of hydrogen-bond acceptors (Lipinski definition) is 12. The van der Waals surface area contributed by atoms with Crippen LogP contribution in [0, 0.1) is 6.33 Å². The minimum absolute atomic E-state index is 0. The van der Waals surface area contributed by atoms with Crippen LogP contribution in [0.3, 0.4) is 0 Å². The minimum Gasteiger partial charge on any atom is -1.00 e. The first-order chi connectivity index (χ1) is 21.9. The van der Waals surface area contributed by atoms with Gasteiger partial charge in [0.2, 0.25) is 29.9 Å². The van der Waals surface area contributed by atoms with E-state index in [1.807, 2.05) is 77.6 Å². The molecule has 17 heteroatoms. The van der Waals surface area contributed by atoms with Gasteiger partial charge in [-0.25, -0.2) is 23.5 Å². The van der Waals surface area contributed by atoms with Crippen LogP contribution in [0.25, 0.3) is 0 Å². The quantitative estimate of drug-likeness (QED) is 0.0418. The molecule has 0 aliphatic heterocycles. The van der Waals surface area contributed by atoms with E-state index in [4.69, 9.17) is 28.5 Å². The SMILES string of the molecule is COCCOC(=O)c1ccc(C(C)=O)o1.Cn1[c-][n+](C)cc1.Cn1cc[n+](C)c1.O=C(OCCO)c1ccc(C(=O)OCCO)o1.[Cl-]. The summed E-state index contributed by atoms with van der Waals surface area (Å²) in [7, 11) is 9.40. The fourth-order valence-electron chi connectivity index (χ4n) is 2.99. The number of halogens is 1. The molecule has 0 aliphatic rings. The third-order valence-corrected chi connectivity index (χ3v) is 5.06. The van der Waals surface area contributed by atoms with Crippen molar-refractivity contribution in [3.8, 4) is 0 Å². The van der Waals surface area contributed by atoms with Gasteiger partial charge in [0.15, 0.2) is 11.5 Å². The molecule has 0 aromatic carbocycles. The van der Waals surface area contributed by atoms with Gasteiger partial charge in [0.25, 0.3) is 0 Å². The lowest BCUT2D eigenvalue weighted by atomic mass is 10.3. The van der Waals surface area contributed by atoms with E-state index in [-0.39, 0.29) is 74.3 Å². The second-order valence-electron chi connectivity index (χ2n) is 9.10. The maximum absolute atomic E-state index is 11.3. The van der Waals surface area contributed by atoms with E-state index in [9.17, 15) is 19.2 Å². The number of ether oxygens (including phenoxy) is 4. The summed E-state index contributed by atoms with van der Waals surface area (Å²) in [4.78, 5) is 44.6. The smallest absolute Gasteiger partial charge is 0.374 e. The number of carbonyl (C=O) groups excluding carboxylic acids is 4. The summed E-state index contributed by atoms with van der Waals surface area (Å²) < 4.78 is 36.3. The fourth-order valence-corrected chi connectivity index (χ4v) is 2.99. The molecule has 16 nitrogen and oxygen atoms in total. The fraction of sp³-hybridized carbons (Fsp3) is 0.400. The number of methoxy groups -OCH3 is 1. The van der Waals surface area contributed by atoms with Crippen molar-refractivity contribution in [2.45, 2.75) is 6.92 Å². The molecule has 0 atom stereocenters. The number of furan rings is 2. The maximum Gasteiger partial charge on any atom is 0.374 e. The number of Topliss-reactive ketones (excluding diaryl/α,β-unsaturated/α-hetero) is 1. The third-order valence-electron chi connectivity index (χ3n) is 5.06. The molecule has 0 aliphatic carbocycles. The monoisotopic (exact) mass is 684 g/mol. The minimum atomic E-state index is -0.778. The summed E-state index contributed by atoms with van der Waals surface area (Å²) in [6, 6.07) is 5.37. The lowest BCUT2D eigenvalue weighted by Crippen LogP contribution is -3.00. The predicted octanol–water partition coefficient (Wildman–Crippen LogP) is -2.63. The Hall–Kier alpha value is -4.77. The average Bonchev–Trinajstić information content (AvgIpc) is 3.84. The largest absolute Gasteiger partial charge is 1.00 e. The standard InChI is InChI=1S/C10H12O7.C10H12O5.C5H9N2.C5H8N2.ClH/c11-3-5-15-9(13)7-1-2-8(17-7)10(14)16-6-4-12;1-7(11)8-3-4-9(15-8)10(12)14-6-5-13-2;2*1-6-3-4-7(2)5-6;/h1-2,11-12H,3-6H2;3-4H,5-6H2,1-2H3;3-5H,1-2H3;3-4H,1-2H3;1H/q;;+1;;/p-1. The van der Waals surface area contributed by atoms with Crippen molar-refractivity contribution in [2.75, 3.05) is 46.8 Å². The molecule has 0 amide bonds. The van der Waals surface area contributed by atoms with Gasteiger partial charge in [-0.3, -0.25) is 4.79 Å². The molecule has 4 aromatic rings. The number of aromatic nitrogens is 4. The molecule has 2 N–H and O–H groups in total. The lowest BCUT2D eigenvalue weighted by molar-refractivity contribution is -0.675. The first kappa shape index (κ1) is 42.2. The highest BCUT2D eigenvalue weighted by atomic mass is 35.5. The lowest BCUT2D eigenvalue weighted by Gasteiger charge is -2.00. The van der Waals surface area contributed by atoms with Crippen molar-refractivity contribution in [3.05, 3.63) is 84.7 Å². The number of esters is 3. The Balaban J connectivity index is 0.000000637. The van der Waals surface area contributed by atoms with Crippen LogP contribution >= 0.6 is 0 Å². The van der Waals surface area contributed by atoms with Gasteiger partial charge in [0, 0.05) is 14.0 Å². The van der Waals surface area contributed by atoms with E-state index in [1.54, 1.807) is 0 Å². The predicted molar refractivity (Wildman–Crippen MR) is 156 cm³/mol. The van der Waals surface area contributed by atoms with Gasteiger partial charge >= 0.3 is 17.9 Å². The average molecular weight is 685 g/mol. The molecule has 0 saturated carbocycles. The van der Waals surface area contributed by atoms with Gasteiger partial charge in [0.05, 0.1) is 48.0 Å². The van der Waals surface area contributed by atoms with Gasteiger partial charge in [-0.2, -0.15) is 0 Å². The van der Waals surface area contributed by atoms with Crippen molar-refractivity contribution in [2.24, 2.45) is 28.2 Å². The van der Waals surface area contributed by atoms with Crippen LogP contribution in [0.15, 0.2) is 64.2 Å². The number of aryl methyl sites for hydroxylation is 4. The molecule has 0 radical (unpaired) electrons. The Morgan fingerprint density at radius 2 is 1.23 bits per heavy atom. The molecule has 4 rings (SSSR count). The molecule has 0 saturated heterocycles. The van der Waals surface area contributed by atoms with Gasteiger partial charge in [-0.15, -0.1) is 0 Å². The zero-order valence-electron chi connectivity index (χ0n) is 27.1. The summed E-state index contributed by atoms with van der Waals surface area (Å²) in [5, 5.41) is 16.9. The molecule has 0 bridgehead atoms. The van der Waals surface area contributed by atoms with Crippen LogP contribution in [0.2, 0.25) is 0 Å². The Bertz CT molecular complexity index is 1390. The maximum atomic E-state index is 11.3. The molecule has 260 valence electrons. The Kier molecular flexibility index (Phi) is 21.2. The second kappa shape index (κ2) is 23.6. The molecule has 0 spiro atoms. The number of aliphatic hydroxyl groups is 2. The van der Waals surface area contributed by atoms with Crippen LogP contribution in [0.1, 0.15) is 49.1 Å². The highest BCUT2D eigenvalue weighted by molar-refractivity contribution is 5.93. The highest BCUT2D eigenvalue weighted by Gasteiger charge is 2.17. The van der Waals surface area contributed by atoms with Crippen molar-refractivity contribution < 1.29 is 78.7 Å². The number of nitrogens with zero attached hydrogens (tertiary/aromatic N) is 4. The van der Waals surface area contributed by atoms with Crippen LogP contribution < -0.4 is 21.5 Å². The zero-order valence-corrected chi connectivity index (χ0v) is 27.8. The van der Waals surface area contributed by atoms with Crippen molar-refractivity contribution in [1.29, 1.82) is 0 Å². The van der Waals surface area contributed by atoms with E-state index in [2.05, 4.69) is 15.8 Å². The van der Waals surface area contributed by atoms with Gasteiger partial charge in [-0.05, 0) is 36.7 Å². The van der Waals surface area contributed by atoms with Gasteiger partial charge in [0.1, 0.15) is 32.2 Å². The summed E-state index contributed by atoms with van der Waals surface area (Å²) in [6.07, 6.45) is 12.9. The van der Waals surface area contributed by atoms with Crippen molar-refractivity contribution in [1.82, 2.24) is 9.13 Å². The van der Waals surface area contributed by atoms with E-state index in [1.165, 1.54) is 38.3 Å².